The van der Waals surface area contributed by atoms with Gasteiger partial charge in [0.2, 0.25) is 0 Å². The van der Waals surface area contributed by atoms with Crippen molar-refractivity contribution in [1.29, 1.82) is 0 Å². The average molecular weight is 262 g/mol. The van der Waals surface area contributed by atoms with Gasteiger partial charge < -0.3 is 15.0 Å². The van der Waals surface area contributed by atoms with Crippen LogP contribution in [-0.4, -0.2) is 31.8 Å². The molecule has 1 N–H and O–H groups in total. The molecule has 1 aliphatic heterocycles. The van der Waals surface area contributed by atoms with Crippen LogP contribution in [0.1, 0.15) is 31.9 Å². The Labute approximate surface area is 116 Å². The van der Waals surface area contributed by atoms with E-state index in [4.69, 9.17) is 4.74 Å². The van der Waals surface area contributed by atoms with E-state index in [1.807, 2.05) is 0 Å². The summed E-state index contributed by atoms with van der Waals surface area (Å²) >= 11 is 0. The summed E-state index contributed by atoms with van der Waals surface area (Å²) in [7, 11) is 0. The topological polar surface area (TPSA) is 24.5 Å². The summed E-state index contributed by atoms with van der Waals surface area (Å²) in [5.74, 6) is 0. The summed E-state index contributed by atoms with van der Waals surface area (Å²) in [6.07, 6.45) is 0.310. The molecule has 2 atom stereocenters. The van der Waals surface area contributed by atoms with E-state index < -0.39 is 0 Å². The molecule has 19 heavy (non-hydrogen) atoms. The molecule has 1 fully saturated rings. The number of nitrogens with zero attached hydrogens (tertiary/aromatic N) is 1. The molecule has 106 valence electrons. The Morgan fingerprint density at radius 1 is 1.37 bits per heavy atom. The average Bonchev–Trinajstić information content (AvgIpc) is 2.39. The minimum absolute atomic E-state index is 0.310. The van der Waals surface area contributed by atoms with Gasteiger partial charge in [0, 0.05) is 24.8 Å². The number of benzene rings is 1. The van der Waals surface area contributed by atoms with Crippen LogP contribution in [0.5, 0.6) is 0 Å². The van der Waals surface area contributed by atoms with Crippen molar-refractivity contribution in [2.45, 2.75) is 46.4 Å². The standard InChI is InChI=1S/C16H26N2O/c1-5-17-9-15-8-12(2)6-7-16(15)18-10-14(4)19-11-13(18)3/h6-8,13-14,17H,5,9-11H2,1-4H3. The van der Waals surface area contributed by atoms with E-state index in [1.165, 1.54) is 16.8 Å². The molecule has 1 aromatic rings. The molecule has 0 bridgehead atoms. The van der Waals surface area contributed by atoms with Gasteiger partial charge in [-0.25, -0.2) is 0 Å². The second kappa shape index (κ2) is 6.40. The van der Waals surface area contributed by atoms with Crippen LogP contribution in [0.15, 0.2) is 18.2 Å². The second-order valence-corrected chi connectivity index (χ2v) is 5.56. The fourth-order valence-electron chi connectivity index (χ4n) is 2.63. The first-order chi connectivity index (χ1) is 9.11. The molecule has 2 rings (SSSR count). The van der Waals surface area contributed by atoms with Crippen molar-refractivity contribution in [2.75, 3.05) is 24.6 Å². The van der Waals surface area contributed by atoms with E-state index in [1.54, 1.807) is 0 Å². The predicted molar refractivity (Wildman–Crippen MR) is 80.8 cm³/mol. The monoisotopic (exact) mass is 262 g/mol. The van der Waals surface area contributed by atoms with Crippen LogP contribution >= 0.6 is 0 Å². The molecule has 0 aliphatic carbocycles. The number of rotatable bonds is 4. The van der Waals surface area contributed by atoms with Gasteiger partial charge in [-0.3, -0.25) is 0 Å². The van der Waals surface area contributed by atoms with Crippen molar-refractivity contribution < 1.29 is 4.74 Å². The summed E-state index contributed by atoms with van der Waals surface area (Å²) < 4.78 is 5.73. The van der Waals surface area contributed by atoms with Crippen molar-refractivity contribution in [3.05, 3.63) is 29.3 Å². The van der Waals surface area contributed by atoms with Crippen molar-refractivity contribution in [3.8, 4) is 0 Å². The number of morpholine rings is 1. The van der Waals surface area contributed by atoms with Gasteiger partial charge in [0.15, 0.2) is 0 Å². The normalized spacial score (nSPS) is 23.7. The van der Waals surface area contributed by atoms with Gasteiger partial charge in [0.1, 0.15) is 0 Å². The fraction of sp³-hybridized carbons (Fsp3) is 0.625. The molecular formula is C16H26N2O. The minimum Gasteiger partial charge on any atom is -0.375 e. The second-order valence-electron chi connectivity index (χ2n) is 5.56. The molecule has 3 heteroatoms. The van der Waals surface area contributed by atoms with E-state index in [0.717, 1.165) is 26.2 Å². The van der Waals surface area contributed by atoms with Crippen LogP contribution in [0.3, 0.4) is 0 Å². The smallest absolute Gasteiger partial charge is 0.0723 e. The van der Waals surface area contributed by atoms with Crippen LogP contribution in [0.4, 0.5) is 5.69 Å². The van der Waals surface area contributed by atoms with E-state index in [0.29, 0.717) is 12.1 Å². The molecule has 0 aromatic heterocycles. The predicted octanol–water partition coefficient (Wildman–Crippen LogP) is 2.72. The highest BCUT2D eigenvalue weighted by Crippen LogP contribution is 2.26. The van der Waals surface area contributed by atoms with E-state index >= 15 is 0 Å². The van der Waals surface area contributed by atoms with Gasteiger partial charge in [0.05, 0.1) is 12.7 Å². The maximum absolute atomic E-state index is 5.73. The lowest BCUT2D eigenvalue weighted by Gasteiger charge is -2.39. The van der Waals surface area contributed by atoms with Gasteiger partial charge in [-0.2, -0.15) is 0 Å². The Bertz CT molecular complexity index is 419. The number of aryl methyl sites for hydroxylation is 1. The lowest BCUT2D eigenvalue weighted by atomic mass is 10.1. The Morgan fingerprint density at radius 2 is 2.16 bits per heavy atom. The number of ether oxygens (including phenoxy) is 1. The highest BCUT2D eigenvalue weighted by Gasteiger charge is 2.25. The molecule has 0 amide bonds. The van der Waals surface area contributed by atoms with Gasteiger partial charge in [-0.1, -0.05) is 24.6 Å². The van der Waals surface area contributed by atoms with Crippen LogP contribution in [0, 0.1) is 6.92 Å². The number of anilines is 1. The summed E-state index contributed by atoms with van der Waals surface area (Å²) in [6.45, 7) is 12.4. The van der Waals surface area contributed by atoms with Gasteiger partial charge in [-0.05, 0) is 38.9 Å². The zero-order valence-corrected chi connectivity index (χ0v) is 12.6. The third-order valence-electron chi connectivity index (χ3n) is 3.72. The number of hydrogen-bond acceptors (Lipinski definition) is 3. The first kappa shape index (κ1) is 14.4. The van der Waals surface area contributed by atoms with Gasteiger partial charge in [0.25, 0.3) is 0 Å². The highest BCUT2D eigenvalue weighted by molar-refractivity contribution is 5.56. The zero-order chi connectivity index (χ0) is 13.8. The van der Waals surface area contributed by atoms with Crippen molar-refractivity contribution in [2.24, 2.45) is 0 Å². The minimum atomic E-state index is 0.310. The molecular weight excluding hydrogens is 236 g/mol. The first-order valence-corrected chi connectivity index (χ1v) is 7.30. The summed E-state index contributed by atoms with van der Waals surface area (Å²) in [4.78, 5) is 2.49. The Balaban J connectivity index is 2.26. The lowest BCUT2D eigenvalue weighted by Crippen LogP contribution is -2.47. The van der Waals surface area contributed by atoms with Crippen molar-refractivity contribution in [3.63, 3.8) is 0 Å². The summed E-state index contributed by atoms with van der Waals surface area (Å²) in [5, 5.41) is 3.44. The third-order valence-corrected chi connectivity index (χ3v) is 3.72. The van der Waals surface area contributed by atoms with E-state index in [2.05, 4.69) is 56.1 Å². The van der Waals surface area contributed by atoms with Gasteiger partial charge in [-0.15, -0.1) is 0 Å². The molecule has 0 radical (unpaired) electrons. The third kappa shape index (κ3) is 3.48. The van der Waals surface area contributed by atoms with Crippen molar-refractivity contribution >= 4 is 5.69 Å². The number of hydrogen-bond donors (Lipinski definition) is 1. The van der Waals surface area contributed by atoms with Crippen LogP contribution in [0.25, 0.3) is 0 Å². The molecule has 1 aromatic carbocycles. The van der Waals surface area contributed by atoms with Crippen LogP contribution < -0.4 is 10.2 Å². The van der Waals surface area contributed by atoms with E-state index in [-0.39, 0.29) is 0 Å². The van der Waals surface area contributed by atoms with Crippen LogP contribution in [-0.2, 0) is 11.3 Å². The first-order valence-electron chi connectivity index (χ1n) is 7.30. The fourth-order valence-corrected chi connectivity index (χ4v) is 2.63. The van der Waals surface area contributed by atoms with Crippen LogP contribution in [0.2, 0.25) is 0 Å². The quantitative estimate of drug-likeness (QED) is 0.903. The molecule has 0 saturated carbocycles. The molecule has 1 heterocycles. The molecule has 2 unspecified atom stereocenters. The lowest BCUT2D eigenvalue weighted by molar-refractivity contribution is 0.0343. The maximum atomic E-state index is 5.73. The molecule has 0 spiro atoms. The Kier molecular flexibility index (Phi) is 4.83. The largest absolute Gasteiger partial charge is 0.375 e. The van der Waals surface area contributed by atoms with Crippen molar-refractivity contribution in [1.82, 2.24) is 5.32 Å². The molecule has 1 saturated heterocycles. The Hall–Kier alpha value is -1.06. The Morgan fingerprint density at radius 3 is 2.89 bits per heavy atom. The number of nitrogens with one attached hydrogen (secondary N) is 1. The molecule has 3 nitrogen and oxygen atoms in total. The zero-order valence-electron chi connectivity index (χ0n) is 12.6. The van der Waals surface area contributed by atoms with Gasteiger partial charge >= 0.3 is 0 Å². The SMILES string of the molecule is CCNCc1cc(C)ccc1N1CC(C)OCC1C. The highest BCUT2D eigenvalue weighted by atomic mass is 16.5. The molecule has 1 aliphatic rings. The summed E-state index contributed by atoms with van der Waals surface area (Å²) in [5.41, 5.74) is 4.07. The summed E-state index contributed by atoms with van der Waals surface area (Å²) in [6, 6.07) is 7.21. The van der Waals surface area contributed by atoms with E-state index in [9.17, 15) is 0 Å². The maximum Gasteiger partial charge on any atom is 0.0723 e.